The Hall–Kier alpha value is -5.41. The Morgan fingerprint density at radius 2 is 1.25 bits per heavy atom. The van der Waals surface area contributed by atoms with Crippen LogP contribution in [0.25, 0.3) is 0 Å². The fourth-order valence-corrected chi connectivity index (χ4v) is 9.75. The standard InChI is InChI=1S/C52H60F3NO13SSi/c1-32(57)61-30-40-44(64-33(2)58)45(65-34(3)59)42(56-28-37-24-18-19-27-39(37)52(53,54)55)49(66-40)69-46-43(62-29-35-20-12-9-13-21-35)41(31-63-71(7,8)51(4,5)6)67-50(70-38-25-16-11-17-26-38)47(46)68-48(60)36-22-14-10-15-23-36/h9-28,40-47,49-50H,29-31H2,1-8H3/t40-,41-,42-,43+,44+,45-,46+,47-,49-,50+/m1/s1. The minimum atomic E-state index is -4.81. The number of alkyl halides is 3. The first kappa shape index (κ1) is 54.9. The molecule has 2 heterocycles. The van der Waals surface area contributed by atoms with E-state index in [-0.39, 0.29) is 29.4 Å². The summed E-state index contributed by atoms with van der Waals surface area (Å²) >= 11 is 1.23. The molecule has 0 saturated carbocycles. The van der Waals surface area contributed by atoms with E-state index in [9.17, 15) is 32.3 Å². The summed E-state index contributed by atoms with van der Waals surface area (Å²) < 4.78 is 101. The Bertz CT molecular complexity index is 2430. The lowest BCUT2D eigenvalue weighted by atomic mass is 9.95. The van der Waals surface area contributed by atoms with Crippen molar-refractivity contribution < 1.29 is 74.7 Å². The number of aliphatic imine (C=N–C) groups is 1. The molecule has 0 N–H and O–H groups in total. The van der Waals surface area contributed by atoms with Crippen LogP contribution in [0.4, 0.5) is 13.2 Å². The molecule has 2 aliphatic rings. The highest BCUT2D eigenvalue weighted by atomic mass is 32.2. The number of carbonyl (C=O) groups is 4. The highest BCUT2D eigenvalue weighted by Gasteiger charge is 2.56. The molecule has 2 aliphatic heterocycles. The molecule has 14 nitrogen and oxygen atoms in total. The second-order valence-corrected chi connectivity index (χ2v) is 24.5. The molecule has 71 heavy (non-hydrogen) atoms. The number of nitrogens with zero attached hydrogens (tertiary/aromatic N) is 1. The summed E-state index contributed by atoms with van der Waals surface area (Å²) in [5.74, 6) is -3.24. The molecule has 0 spiro atoms. The molecule has 0 amide bonds. The number of esters is 4. The average Bonchev–Trinajstić information content (AvgIpc) is 3.31. The molecule has 4 aromatic rings. The topological polar surface area (TPSA) is 164 Å². The van der Waals surface area contributed by atoms with Gasteiger partial charge in [0.25, 0.3) is 0 Å². The van der Waals surface area contributed by atoms with E-state index in [0.29, 0.717) is 0 Å². The van der Waals surface area contributed by atoms with Crippen molar-refractivity contribution in [2.75, 3.05) is 13.2 Å². The van der Waals surface area contributed by atoms with Crippen LogP contribution in [0.5, 0.6) is 0 Å². The third-order valence-corrected chi connectivity index (χ3v) is 17.8. The van der Waals surface area contributed by atoms with E-state index in [1.54, 1.807) is 30.3 Å². The van der Waals surface area contributed by atoms with Gasteiger partial charge in [-0.1, -0.05) is 117 Å². The van der Waals surface area contributed by atoms with Gasteiger partial charge in [-0.25, -0.2) is 4.79 Å². The van der Waals surface area contributed by atoms with Crippen LogP contribution in [0.3, 0.4) is 0 Å². The number of halogens is 3. The first-order valence-electron chi connectivity index (χ1n) is 23.0. The van der Waals surface area contributed by atoms with Crippen LogP contribution in [0.2, 0.25) is 18.1 Å². The molecule has 0 bridgehead atoms. The van der Waals surface area contributed by atoms with Crippen molar-refractivity contribution in [3.63, 3.8) is 0 Å². The first-order chi connectivity index (χ1) is 33.6. The second-order valence-electron chi connectivity index (χ2n) is 18.5. The maximum Gasteiger partial charge on any atom is 0.417 e. The minimum Gasteiger partial charge on any atom is -0.463 e. The van der Waals surface area contributed by atoms with Crippen LogP contribution in [0.1, 0.15) is 68.6 Å². The SMILES string of the molecule is CC(=O)OC[C@H]1O[C@H](O[C@H]2[C@@H](OCc3ccccc3)[C@@H](CO[Si](C)(C)C(C)(C)C)O[C@@H](Sc3ccccc3)[C@@H]2OC(=O)c2ccccc2)[C@H](N=Cc2ccccc2C(F)(F)F)[C@@H](OC(C)=O)[C@H]1OC(C)=O. The highest BCUT2D eigenvalue weighted by molar-refractivity contribution is 7.99. The van der Waals surface area contributed by atoms with Crippen LogP contribution >= 0.6 is 11.8 Å². The van der Waals surface area contributed by atoms with Crippen molar-refractivity contribution in [2.24, 2.45) is 4.99 Å². The molecule has 0 aliphatic carbocycles. The zero-order chi connectivity index (χ0) is 51.5. The molecule has 4 aromatic carbocycles. The van der Waals surface area contributed by atoms with Gasteiger partial charge in [-0.05, 0) is 54.0 Å². The Kier molecular flexibility index (Phi) is 18.8. The Labute approximate surface area is 416 Å². The van der Waals surface area contributed by atoms with Crippen molar-refractivity contribution in [3.8, 4) is 0 Å². The van der Waals surface area contributed by atoms with Crippen molar-refractivity contribution in [3.05, 3.63) is 138 Å². The molecule has 0 aromatic heterocycles. The largest absolute Gasteiger partial charge is 0.463 e. The van der Waals surface area contributed by atoms with E-state index in [1.165, 1.54) is 30.0 Å². The molecule has 2 saturated heterocycles. The van der Waals surface area contributed by atoms with Gasteiger partial charge in [-0.3, -0.25) is 19.4 Å². The Balaban J connectivity index is 1.57. The molecule has 6 rings (SSSR count). The van der Waals surface area contributed by atoms with Gasteiger partial charge in [0.2, 0.25) is 0 Å². The second kappa shape index (κ2) is 24.3. The zero-order valence-corrected chi connectivity index (χ0v) is 42.6. The van der Waals surface area contributed by atoms with Gasteiger partial charge in [-0.15, -0.1) is 0 Å². The quantitative estimate of drug-likeness (QED) is 0.0401. The summed E-state index contributed by atoms with van der Waals surface area (Å²) in [6.07, 6.45) is -15.1. The summed E-state index contributed by atoms with van der Waals surface area (Å²) in [5, 5.41) is -0.239. The molecule has 10 atom stereocenters. The van der Waals surface area contributed by atoms with Gasteiger partial charge >= 0.3 is 30.1 Å². The molecular weight excluding hydrogens is 964 g/mol. The van der Waals surface area contributed by atoms with Gasteiger partial charge < -0.3 is 42.3 Å². The normalized spacial score (nSPS) is 25.0. The van der Waals surface area contributed by atoms with Crippen LogP contribution in [-0.4, -0.2) is 112 Å². The third kappa shape index (κ3) is 15.1. The fraction of sp³-hybridized carbons (Fsp3) is 0.442. The third-order valence-electron chi connectivity index (χ3n) is 12.2. The number of rotatable bonds is 18. The van der Waals surface area contributed by atoms with Gasteiger partial charge in [0.15, 0.2) is 32.9 Å². The number of hydrogen-bond donors (Lipinski definition) is 0. The van der Waals surface area contributed by atoms with Crippen LogP contribution in [0.15, 0.2) is 125 Å². The summed E-state index contributed by atoms with van der Waals surface area (Å²) in [5.41, 5.74) is -1.49. The Morgan fingerprint density at radius 3 is 1.86 bits per heavy atom. The van der Waals surface area contributed by atoms with Crippen LogP contribution in [0, 0.1) is 0 Å². The molecule has 19 heteroatoms. The fourth-order valence-electron chi connectivity index (χ4n) is 7.61. The van der Waals surface area contributed by atoms with Gasteiger partial charge in [-0.2, -0.15) is 13.2 Å². The smallest absolute Gasteiger partial charge is 0.417 e. The van der Waals surface area contributed by atoms with Gasteiger partial charge in [0.05, 0.1) is 24.3 Å². The monoisotopic (exact) mass is 1020 g/mol. The summed E-state index contributed by atoms with van der Waals surface area (Å²) in [7, 11) is -2.52. The van der Waals surface area contributed by atoms with E-state index >= 15 is 0 Å². The predicted octanol–water partition coefficient (Wildman–Crippen LogP) is 9.38. The molecule has 0 unspecified atom stereocenters. The lowest BCUT2D eigenvalue weighted by Gasteiger charge is -2.49. The summed E-state index contributed by atoms with van der Waals surface area (Å²) in [4.78, 5) is 57.8. The summed E-state index contributed by atoms with van der Waals surface area (Å²) in [6.45, 7) is 13.1. The molecule has 2 fully saturated rings. The van der Waals surface area contributed by atoms with Crippen molar-refractivity contribution in [1.29, 1.82) is 0 Å². The van der Waals surface area contributed by atoms with Crippen LogP contribution in [-0.2, 0) is 69.5 Å². The number of carbonyl (C=O) groups excluding carboxylic acids is 4. The molecular formula is C52H60F3NO13SSi. The maximum atomic E-state index is 14.4. The zero-order valence-electron chi connectivity index (χ0n) is 40.7. The number of thioether (sulfide) groups is 1. The van der Waals surface area contributed by atoms with E-state index < -0.39 is 111 Å². The maximum absolute atomic E-state index is 14.4. The molecule has 0 radical (unpaired) electrons. The number of benzene rings is 4. The average molecular weight is 1020 g/mol. The van der Waals surface area contributed by atoms with E-state index in [4.69, 9.17) is 42.3 Å². The van der Waals surface area contributed by atoms with E-state index in [2.05, 4.69) is 38.9 Å². The van der Waals surface area contributed by atoms with Crippen molar-refractivity contribution in [2.45, 2.75) is 138 Å². The number of ether oxygens (including phenoxy) is 8. The summed E-state index contributed by atoms with van der Waals surface area (Å²) in [6, 6.07) is 29.8. The molecule has 382 valence electrons. The van der Waals surface area contributed by atoms with Crippen LogP contribution < -0.4 is 0 Å². The minimum absolute atomic E-state index is 0.0117. The van der Waals surface area contributed by atoms with Gasteiger partial charge in [0, 0.05) is 37.4 Å². The lowest BCUT2D eigenvalue weighted by Crippen LogP contribution is -2.66. The van der Waals surface area contributed by atoms with Crippen molar-refractivity contribution >= 4 is 50.2 Å². The van der Waals surface area contributed by atoms with E-state index in [1.807, 2.05) is 60.7 Å². The number of hydrogen-bond acceptors (Lipinski definition) is 15. The first-order valence-corrected chi connectivity index (χ1v) is 26.8. The van der Waals surface area contributed by atoms with Gasteiger partial charge in [0.1, 0.15) is 42.5 Å². The van der Waals surface area contributed by atoms with Crippen molar-refractivity contribution in [1.82, 2.24) is 0 Å². The lowest BCUT2D eigenvalue weighted by molar-refractivity contribution is -0.319. The predicted molar refractivity (Wildman–Crippen MR) is 259 cm³/mol. The highest BCUT2D eigenvalue weighted by Crippen LogP contribution is 2.42. The Morgan fingerprint density at radius 1 is 0.676 bits per heavy atom. The van der Waals surface area contributed by atoms with E-state index in [0.717, 1.165) is 43.5 Å².